The third-order valence-corrected chi connectivity index (χ3v) is 25.9. The van der Waals surface area contributed by atoms with E-state index in [0.717, 1.165) is 204 Å². The number of aliphatic hydroxyl groups excluding tert-OH is 5. The van der Waals surface area contributed by atoms with Crippen LogP contribution in [-0.4, -0.2) is 228 Å². The number of aldehydes is 4. The van der Waals surface area contributed by atoms with E-state index in [1.165, 1.54) is 40.0 Å². The standard InChI is InChI=1S/C36H40O8.C36H32O8.C32H32O4.C6H12N4.C2HF3O2.C2H6O.B.Na.H/c2*1-41-33-25-5-21(17-37)6-26(33)14-28-8-23(19-39)10-30(35(28)43-3)16-32-12-24(20-40)11-31(36(32)44-4)15-29-9-22(18-38)7-27(13-25)34(29)42-2;1-33-29-21-9-5-10-22(29)18-24-12-7-14-26(31(24)35-3)20-28-16-8-15-27(32(28)36-4)19-25-13-6-11-23(17-21)30(25)34-2;1-7-2-9-4-8(1)5-10(3-7)6-9;3-2(4,5)1(6)7;1-2-3;;;/h5-12,37-40H,13-20H2,1-4H3;5-12,17-20H,13-16H2,1-4H3;5-16H,17-20H2,1-4H3;1-6H2;(H,6,7);3H,2H2,1H3;;;/q;;;;;;;+1;-1. The molecule has 0 aromatic heterocycles. The van der Waals surface area contributed by atoms with Crippen LogP contribution in [-0.2, 0) is 108 Å². The number of ether oxygens (including phenoxy) is 12. The Morgan fingerprint density at radius 2 is 0.377 bits per heavy atom. The normalized spacial score (nSPS) is 15.1. The van der Waals surface area contributed by atoms with Crippen LogP contribution in [0.5, 0.6) is 69.0 Å². The molecule has 12 aromatic rings. The number of aliphatic carboxylic acids is 1. The first-order valence-corrected chi connectivity index (χ1v) is 46.9. The van der Waals surface area contributed by atoms with Crippen LogP contribution in [0.2, 0.25) is 0 Å². The van der Waals surface area contributed by atoms with Crippen LogP contribution >= 0.6 is 0 Å². The van der Waals surface area contributed by atoms with Gasteiger partial charge in [0.1, 0.15) is 94.1 Å². The summed E-state index contributed by atoms with van der Waals surface area (Å²) in [6.45, 7) is 8.46. The van der Waals surface area contributed by atoms with Crippen LogP contribution in [0.3, 0.4) is 0 Å². The van der Waals surface area contributed by atoms with E-state index in [1.54, 1.807) is 141 Å². The van der Waals surface area contributed by atoms with Crippen molar-refractivity contribution in [2.24, 2.45) is 0 Å². The van der Waals surface area contributed by atoms with Gasteiger partial charge < -0.3 is 88.9 Å². The number of fused-ring (bicyclic) bond motifs is 24. The fourth-order valence-corrected chi connectivity index (χ4v) is 20.7. The molecule has 19 rings (SSSR count). The third-order valence-electron chi connectivity index (χ3n) is 25.9. The molecule has 0 spiro atoms. The van der Waals surface area contributed by atoms with E-state index >= 15 is 0 Å². The van der Waals surface area contributed by atoms with Crippen LogP contribution in [0.25, 0.3) is 0 Å². The van der Waals surface area contributed by atoms with Crippen LogP contribution in [0.15, 0.2) is 170 Å². The average molecular weight is 2010 g/mol. The zero-order chi connectivity index (χ0) is 103. The maximum atomic E-state index is 12.1. The van der Waals surface area contributed by atoms with Crippen LogP contribution in [0.4, 0.5) is 13.2 Å². The van der Waals surface area contributed by atoms with Gasteiger partial charge in [-0.05, 0) is 260 Å². The first-order valence-electron chi connectivity index (χ1n) is 46.9. The van der Waals surface area contributed by atoms with E-state index in [9.17, 15) is 52.8 Å². The average Bonchev–Trinajstić information content (AvgIpc) is 0.773. The van der Waals surface area contributed by atoms with E-state index in [0.29, 0.717) is 145 Å². The Morgan fingerprint density at radius 1 is 0.267 bits per heavy atom. The third kappa shape index (κ3) is 26.5. The molecule has 32 heteroatoms. The van der Waals surface area contributed by atoms with Gasteiger partial charge in [-0.15, -0.1) is 0 Å². The summed E-state index contributed by atoms with van der Waals surface area (Å²) in [6.07, 6.45) is 3.75. The van der Waals surface area contributed by atoms with Gasteiger partial charge in [-0.25, -0.2) is 4.79 Å². The summed E-state index contributed by atoms with van der Waals surface area (Å²) < 4.78 is 103. The number of alkyl halides is 3. The van der Waals surface area contributed by atoms with Crippen LogP contribution in [0.1, 0.15) is 206 Å². The fourth-order valence-electron chi connectivity index (χ4n) is 20.7. The minimum Gasteiger partial charge on any atom is -1.00 e. The maximum absolute atomic E-state index is 12.1. The van der Waals surface area contributed by atoms with Crippen molar-refractivity contribution in [2.75, 3.05) is 132 Å². The van der Waals surface area contributed by atoms with Crippen molar-refractivity contribution in [3.8, 4) is 69.0 Å². The molecular weight excluding hydrogens is 1880 g/mol. The first kappa shape index (κ1) is 113. The molecule has 4 aliphatic heterocycles. The Hall–Kier alpha value is -13.1. The Balaban J connectivity index is 0.000000204. The zero-order valence-corrected chi connectivity index (χ0v) is 86.9. The summed E-state index contributed by atoms with van der Waals surface area (Å²) in [4.78, 5) is 67.2. The molecule has 12 aromatic carbocycles. The van der Waals surface area contributed by atoms with Crippen molar-refractivity contribution in [3.63, 3.8) is 0 Å². The molecule has 6 N–H and O–H groups in total. The fraction of sp³-hybridized carbons (Fsp3) is 0.325. The summed E-state index contributed by atoms with van der Waals surface area (Å²) in [5.41, 5.74) is 26.5. The summed E-state index contributed by atoms with van der Waals surface area (Å²) >= 11 is 0. The quantitative estimate of drug-likeness (QED) is 0.0305. The Morgan fingerprint density at radius 3 is 0.479 bits per heavy atom. The number of rotatable bonds is 20. The van der Waals surface area contributed by atoms with Gasteiger partial charge in [0.2, 0.25) is 0 Å². The molecule has 0 unspecified atom stereocenters. The molecule has 4 heterocycles. The van der Waals surface area contributed by atoms with Crippen LogP contribution in [0, 0.1) is 0 Å². The molecule has 763 valence electrons. The molecule has 4 saturated heterocycles. The van der Waals surface area contributed by atoms with Gasteiger partial charge in [-0.1, -0.05) is 72.8 Å². The van der Waals surface area contributed by atoms with Crippen molar-refractivity contribution in [1.82, 2.24) is 19.6 Å². The van der Waals surface area contributed by atoms with Gasteiger partial charge in [0.05, 0.1) is 152 Å². The Kier molecular flexibility index (Phi) is 40.9. The van der Waals surface area contributed by atoms with Gasteiger partial charge in [0, 0.05) is 114 Å². The molecular formula is C114H124BF3N4NaO23. The number of hydrogen-bond acceptors (Lipinski definition) is 26. The second-order valence-electron chi connectivity index (χ2n) is 35.6. The van der Waals surface area contributed by atoms with E-state index in [2.05, 4.69) is 92.4 Å². The summed E-state index contributed by atoms with van der Waals surface area (Å²) in [5, 5.41) is 55.6. The predicted molar refractivity (Wildman–Crippen MR) is 545 cm³/mol. The number of aliphatic hydroxyl groups is 5. The van der Waals surface area contributed by atoms with Gasteiger partial charge in [0.25, 0.3) is 0 Å². The number of nitrogens with zero attached hydrogens (tertiary/aromatic N) is 4. The molecule has 3 aliphatic carbocycles. The second-order valence-corrected chi connectivity index (χ2v) is 35.6. The SMILES string of the molecule is C1N2CN3CN1CN(C2)C3.CCO.COc1c2cc(C=O)cc1Cc1cc(C=O)cc(c1OC)Cc1cc(C=O)cc(c1OC)Cc1cc(C=O)cc(c1OC)C2.COc1c2cc(CO)cc1Cc1cc(CO)cc(c1OC)Cc1cc(CO)cc(c1OC)Cc1cc(CO)cc(c1OC)C2.COc1c2cccc1Cc1cccc(c1OC)Cc1cccc(c1OC)Cc1cccc(c1OC)C2.O=C(O)C(F)(F)F.[B].[H-].[Na+]. The number of carbonyl (C=O) groups excluding carboxylic acids is 4. The molecule has 146 heavy (non-hydrogen) atoms. The van der Waals surface area contributed by atoms with E-state index in [1.807, 2.05) is 48.5 Å². The number of carbonyl (C=O) groups is 5. The predicted octanol–water partition coefficient (Wildman–Crippen LogP) is 12.8. The summed E-state index contributed by atoms with van der Waals surface area (Å²) in [5.74, 6) is 5.93. The number of carboxylic acids is 1. The van der Waals surface area contributed by atoms with Crippen molar-refractivity contribution < 1.29 is 156 Å². The number of methoxy groups -OCH3 is 12. The number of halogens is 3. The van der Waals surface area contributed by atoms with Crippen LogP contribution < -0.4 is 86.4 Å². The molecule has 4 fully saturated rings. The zero-order valence-electron chi connectivity index (χ0n) is 85.9. The monoisotopic (exact) mass is 2010 g/mol. The molecule has 0 amide bonds. The minimum absolute atomic E-state index is 0. The van der Waals surface area contributed by atoms with E-state index in [4.69, 9.17) is 71.8 Å². The van der Waals surface area contributed by atoms with Crippen molar-refractivity contribution in [2.45, 2.75) is 117 Å². The Labute approximate surface area is 874 Å². The number of benzene rings is 12. The van der Waals surface area contributed by atoms with Gasteiger partial charge in [-0.2, -0.15) is 13.2 Å². The molecule has 7 aliphatic rings. The van der Waals surface area contributed by atoms with Gasteiger partial charge in [0.15, 0.2) is 0 Å². The number of para-hydroxylation sites is 4. The number of hydrogen-bond donors (Lipinski definition) is 6. The molecule has 0 saturated carbocycles. The smallest absolute Gasteiger partial charge is 1.00 e. The summed E-state index contributed by atoms with van der Waals surface area (Å²) in [7, 11) is 19.8. The molecule has 27 nitrogen and oxygen atoms in total. The van der Waals surface area contributed by atoms with Crippen molar-refractivity contribution in [3.05, 3.63) is 348 Å². The molecule has 3 radical (unpaired) electrons. The van der Waals surface area contributed by atoms with Crippen molar-refractivity contribution in [1.29, 1.82) is 0 Å². The van der Waals surface area contributed by atoms with E-state index < -0.39 is 12.1 Å². The summed E-state index contributed by atoms with van der Waals surface area (Å²) in [6, 6.07) is 55.1. The minimum atomic E-state index is -5.08. The molecule has 28 bridgehead atoms. The van der Waals surface area contributed by atoms with Crippen molar-refractivity contribution >= 4 is 39.5 Å². The topological polar surface area (TPSA) is 330 Å². The Bertz CT molecular complexity index is 5620. The van der Waals surface area contributed by atoms with E-state index in [-0.39, 0.29) is 72.4 Å². The van der Waals surface area contributed by atoms with Gasteiger partial charge in [-0.3, -0.25) is 38.8 Å². The second kappa shape index (κ2) is 52.8. The maximum Gasteiger partial charge on any atom is 1.00 e. The number of carboxylic acid groups (broad SMARTS) is 1. The first-order chi connectivity index (χ1) is 69.7. The largest absolute Gasteiger partial charge is 1.00 e. The molecule has 0 atom stereocenters. The van der Waals surface area contributed by atoms with Gasteiger partial charge >= 0.3 is 41.7 Å².